The molecule has 1 rings (SSSR count). The van der Waals surface area contributed by atoms with Crippen molar-refractivity contribution in [2.45, 2.75) is 0 Å². The van der Waals surface area contributed by atoms with Crippen LogP contribution in [-0.4, -0.2) is 5.11 Å². The van der Waals surface area contributed by atoms with Crippen LogP contribution in [0.25, 0.3) is 0 Å². The lowest BCUT2D eigenvalue weighted by atomic mass is 10.3. The number of hydrogen-bond acceptors (Lipinski definition) is 3. The molecule has 1 aromatic rings. The lowest BCUT2D eigenvalue weighted by Gasteiger charge is -2.03. The number of nitrogens with one attached hydrogen (secondary N) is 1. The lowest BCUT2D eigenvalue weighted by molar-refractivity contribution is 0.475. The minimum atomic E-state index is 0.234. The molecule has 3 heteroatoms. The van der Waals surface area contributed by atoms with E-state index in [0.717, 1.165) is 5.69 Å². The first-order valence-corrected chi connectivity index (χ1v) is 3.19. The van der Waals surface area contributed by atoms with Gasteiger partial charge < -0.3 is 16.2 Å². The molecule has 0 saturated carbocycles. The highest BCUT2D eigenvalue weighted by Crippen LogP contribution is 2.13. The van der Waals surface area contributed by atoms with Crippen LogP contribution in [0.1, 0.15) is 0 Å². The van der Waals surface area contributed by atoms with Crippen LogP contribution >= 0.6 is 0 Å². The predicted molar refractivity (Wildman–Crippen MR) is 45.1 cm³/mol. The van der Waals surface area contributed by atoms with Gasteiger partial charge >= 0.3 is 0 Å². The SMILES string of the molecule is C=C(N)Nc1ccc(O)cc1. The molecule has 0 fully saturated rings. The lowest BCUT2D eigenvalue weighted by Crippen LogP contribution is -2.06. The minimum absolute atomic E-state index is 0.234. The van der Waals surface area contributed by atoms with E-state index < -0.39 is 0 Å². The Morgan fingerprint density at radius 3 is 2.36 bits per heavy atom. The molecule has 0 saturated heterocycles. The zero-order valence-corrected chi connectivity index (χ0v) is 6.04. The summed E-state index contributed by atoms with van der Waals surface area (Å²) in [5.41, 5.74) is 6.11. The Hall–Kier alpha value is -1.64. The monoisotopic (exact) mass is 150 g/mol. The normalized spacial score (nSPS) is 9.09. The van der Waals surface area contributed by atoms with Crippen LogP contribution in [0.2, 0.25) is 0 Å². The summed E-state index contributed by atoms with van der Waals surface area (Å²) < 4.78 is 0. The van der Waals surface area contributed by atoms with Crippen molar-refractivity contribution in [2.24, 2.45) is 5.73 Å². The molecular formula is C8H10N2O. The Bertz CT molecular complexity index is 253. The van der Waals surface area contributed by atoms with Crippen LogP contribution < -0.4 is 11.1 Å². The van der Waals surface area contributed by atoms with Gasteiger partial charge in [0.15, 0.2) is 0 Å². The highest BCUT2D eigenvalue weighted by atomic mass is 16.3. The first kappa shape index (κ1) is 7.47. The molecule has 0 spiro atoms. The van der Waals surface area contributed by atoms with Gasteiger partial charge in [-0.05, 0) is 24.3 Å². The predicted octanol–water partition coefficient (Wildman–Crippen LogP) is 1.23. The third-order valence-corrected chi connectivity index (χ3v) is 1.17. The summed E-state index contributed by atoms with van der Waals surface area (Å²) in [5, 5.41) is 11.7. The molecule has 58 valence electrons. The zero-order chi connectivity index (χ0) is 8.27. The van der Waals surface area contributed by atoms with Crippen LogP contribution in [0, 0.1) is 0 Å². The van der Waals surface area contributed by atoms with Crippen LogP contribution in [0.3, 0.4) is 0 Å². The molecule has 0 radical (unpaired) electrons. The molecule has 4 N–H and O–H groups in total. The van der Waals surface area contributed by atoms with Gasteiger partial charge in [0.05, 0.1) is 5.82 Å². The molecule has 0 aliphatic rings. The van der Waals surface area contributed by atoms with Gasteiger partial charge in [0.2, 0.25) is 0 Å². The second-order valence-corrected chi connectivity index (χ2v) is 2.20. The number of phenols is 1. The Labute approximate surface area is 65.2 Å². The van der Waals surface area contributed by atoms with Crippen molar-refractivity contribution in [3.05, 3.63) is 36.7 Å². The fourth-order valence-corrected chi connectivity index (χ4v) is 0.730. The Morgan fingerprint density at radius 2 is 1.91 bits per heavy atom. The molecule has 1 aromatic carbocycles. The molecular weight excluding hydrogens is 140 g/mol. The Morgan fingerprint density at radius 1 is 1.36 bits per heavy atom. The molecule has 3 nitrogen and oxygen atoms in total. The fourth-order valence-electron chi connectivity index (χ4n) is 0.730. The summed E-state index contributed by atoms with van der Waals surface area (Å²) in [7, 11) is 0. The van der Waals surface area contributed by atoms with E-state index in [1.807, 2.05) is 0 Å². The third kappa shape index (κ3) is 2.21. The van der Waals surface area contributed by atoms with E-state index in [2.05, 4.69) is 11.9 Å². The van der Waals surface area contributed by atoms with Crippen LogP contribution in [-0.2, 0) is 0 Å². The first-order chi connectivity index (χ1) is 5.18. The van der Waals surface area contributed by atoms with Crippen molar-refractivity contribution in [2.75, 3.05) is 5.32 Å². The smallest absolute Gasteiger partial charge is 0.115 e. The molecule has 0 amide bonds. The number of anilines is 1. The second kappa shape index (κ2) is 2.96. The van der Waals surface area contributed by atoms with Gasteiger partial charge in [0, 0.05) is 5.69 Å². The second-order valence-electron chi connectivity index (χ2n) is 2.20. The largest absolute Gasteiger partial charge is 0.508 e. The average molecular weight is 150 g/mol. The van der Waals surface area contributed by atoms with Gasteiger partial charge in [-0.15, -0.1) is 0 Å². The van der Waals surface area contributed by atoms with E-state index in [9.17, 15) is 0 Å². The van der Waals surface area contributed by atoms with Crippen molar-refractivity contribution < 1.29 is 5.11 Å². The highest BCUT2D eigenvalue weighted by molar-refractivity contribution is 5.49. The van der Waals surface area contributed by atoms with E-state index in [1.165, 1.54) is 0 Å². The molecule has 0 aromatic heterocycles. The number of hydrogen-bond donors (Lipinski definition) is 3. The van der Waals surface area contributed by atoms with Gasteiger partial charge in [-0.1, -0.05) is 6.58 Å². The Kier molecular flexibility index (Phi) is 2.01. The maximum atomic E-state index is 8.91. The van der Waals surface area contributed by atoms with Crippen molar-refractivity contribution in [3.63, 3.8) is 0 Å². The molecule has 0 bridgehead atoms. The Balaban J connectivity index is 2.74. The average Bonchev–Trinajstić information content (AvgIpc) is 1.93. The van der Waals surface area contributed by atoms with E-state index in [1.54, 1.807) is 24.3 Å². The number of aromatic hydroxyl groups is 1. The van der Waals surface area contributed by atoms with E-state index in [0.29, 0.717) is 5.82 Å². The van der Waals surface area contributed by atoms with Crippen molar-refractivity contribution in [1.82, 2.24) is 0 Å². The first-order valence-electron chi connectivity index (χ1n) is 3.19. The number of phenolic OH excluding ortho intramolecular Hbond substituents is 1. The summed E-state index contributed by atoms with van der Waals surface area (Å²) in [5.74, 6) is 0.619. The van der Waals surface area contributed by atoms with Crippen molar-refractivity contribution >= 4 is 5.69 Å². The number of rotatable bonds is 2. The highest BCUT2D eigenvalue weighted by Gasteiger charge is 1.90. The standard InChI is InChI=1S/C8H10N2O/c1-6(9)10-7-2-4-8(11)5-3-7/h2-5,10-11H,1,9H2. The summed E-state index contributed by atoms with van der Waals surface area (Å²) in [4.78, 5) is 0. The number of nitrogens with two attached hydrogens (primary N) is 1. The summed E-state index contributed by atoms with van der Waals surface area (Å²) in [6.45, 7) is 3.48. The fraction of sp³-hybridized carbons (Fsp3) is 0. The quantitative estimate of drug-likeness (QED) is 0.556. The third-order valence-electron chi connectivity index (χ3n) is 1.17. The zero-order valence-electron chi connectivity index (χ0n) is 6.04. The molecule has 0 unspecified atom stereocenters. The molecule has 0 heterocycles. The topological polar surface area (TPSA) is 58.3 Å². The summed E-state index contributed by atoms with van der Waals surface area (Å²) >= 11 is 0. The van der Waals surface area contributed by atoms with Gasteiger partial charge in [-0.25, -0.2) is 0 Å². The van der Waals surface area contributed by atoms with Crippen molar-refractivity contribution in [3.8, 4) is 5.75 Å². The maximum absolute atomic E-state index is 8.91. The van der Waals surface area contributed by atoms with E-state index in [4.69, 9.17) is 10.8 Å². The van der Waals surface area contributed by atoms with Crippen LogP contribution in [0.4, 0.5) is 5.69 Å². The molecule has 0 aliphatic carbocycles. The van der Waals surface area contributed by atoms with Crippen LogP contribution in [0.15, 0.2) is 36.7 Å². The number of benzene rings is 1. The molecule has 0 aliphatic heterocycles. The maximum Gasteiger partial charge on any atom is 0.115 e. The minimum Gasteiger partial charge on any atom is -0.508 e. The van der Waals surface area contributed by atoms with E-state index >= 15 is 0 Å². The summed E-state index contributed by atoms with van der Waals surface area (Å²) in [6.07, 6.45) is 0. The molecule has 0 atom stereocenters. The van der Waals surface area contributed by atoms with Crippen molar-refractivity contribution in [1.29, 1.82) is 0 Å². The van der Waals surface area contributed by atoms with Gasteiger partial charge in [0.25, 0.3) is 0 Å². The molecule has 11 heavy (non-hydrogen) atoms. The van der Waals surface area contributed by atoms with Gasteiger partial charge in [-0.3, -0.25) is 0 Å². The summed E-state index contributed by atoms with van der Waals surface area (Å²) in [6, 6.07) is 6.58. The van der Waals surface area contributed by atoms with Gasteiger partial charge in [0.1, 0.15) is 5.75 Å². The van der Waals surface area contributed by atoms with Crippen LogP contribution in [0.5, 0.6) is 5.75 Å². The van der Waals surface area contributed by atoms with E-state index in [-0.39, 0.29) is 5.75 Å². The van der Waals surface area contributed by atoms with Gasteiger partial charge in [-0.2, -0.15) is 0 Å².